The quantitative estimate of drug-likeness (QED) is 0.733. The molecule has 1 amide bonds. The molecule has 1 fully saturated rings. The van der Waals surface area contributed by atoms with Crippen LogP contribution in [0.2, 0.25) is 0 Å². The summed E-state index contributed by atoms with van der Waals surface area (Å²) in [7, 11) is 0. The smallest absolute Gasteiger partial charge is 0.225 e. The maximum atomic E-state index is 12.2. The fraction of sp³-hybridized carbons (Fsp3) is 0.846. The van der Waals surface area contributed by atoms with Gasteiger partial charge in [-0.05, 0) is 26.7 Å². The molecule has 1 rings (SSSR count). The lowest BCUT2D eigenvalue weighted by Gasteiger charge is -2.29. The minimum Gasteiger partial charge on any atom is -0.341 e. The van der Waals surface area contributed by atoms with Crippen molar-refractivity contribution in [2.24, 2.45) is 11.8 Å². The van der Waals surface area contributed by atoms with Gasteiger partial charge in [0.2, 0.25) is 5.91 Å². The van der Waals surface area contributed by atoms with Crippen LogP contribution in [0.1, 0.15) is 46.0 Å². The molecule has 1 atom stereocenters. The lowest BCUT2D eigenvalue weighted by molar-refractivity contribution is -0.136. The first-order chi connectivity index (χ1) is 7.69. The molecule has 16 heavy (non-hydrogen) atoms. The third-order valence-corrected chi connectivity index (χ3v) is 3.36. The van der Waals surface area contributed by atoms with Crippen LogP contribution in [0.25, 0.3) is 0 Å². The zero-order valence-corrected chi connectivity index (χ0v) is 10.4. The number of rotatable bonds is 4. The molecule has 1 aliphatic rings. The molecule has 0 aromatic carbocycles. The Hall–Kier alpha value is -1.04. The molecule has 0 aromatic rings. The van der Waals surface area contributed by atoms with Crippen LogP contribution in [0, 0.1) is 23.2 Å². The van der Waals surface area contributed by atoms with Crippen molar-refractivity contribution >= 4 is 5.91 Å². The second kappa shape index (κ2) is 6.52. The van der Waals surface area contributed by atoms with Crippen molar-refractivity contribution in [2.45, 2.75) is 46.0 Å². The number of amides is 1. The largest absolute Gasteiger partial charge is 0.341 e. The second-order valence-electron chi connectivity index (χ2n) is 4.74. The molecule has 90 valence electrons. The van der Waals surface area contributed by atoms with Gasteiger partial charge in [-0.3, -0.25) is 4.79 Å². The third-order valence-electron chi connectivity index (χ3n) is 3.36. The van der Waals surface area contributed by atoms with E-state index in [1.165, 1.54) is 19.3 Å². The van der Waals surface area contributed by atoms with Crippen molar-refractivity contribution in [2.75, 3.05) is 13.1 Å². The fourth-order valence-corrected chi connectivity index (χ4v) is 2.35. The number of hydrogen-bond donors (Lipinski definition) is 0. The topological polar surface area (TPSA) is 44.1 Å². The summed E-state index contributed by atoms with van der Waals surface area (Å²) >= 11 is 0. The highest BCUT2D eigenvalue weighted by Crippen LogP contribution is 2.25. The Kier molecular flexibility index (Phi) is 5.31. The van der Waals surface area contributed by atoms with E-state index in [9.17, 15) is 4.79 Å². The van der Waals surface area contributed by atoms with Crippen LogP contribution < -0.4 is 0 Å². The summed E-state index contributed by atoms with van der Waals surface area (Å²) in [6.07, 6.45) is 5.71. The van der Waals surface area contributed by atoms with Crippen LogP contribution in [-0.4, -0.2) is 23.9 Å². The average molecular weight is 222 g/mol. The molecular formula is C13H22N2O. The molecule has 0 radical (unpaired) electrons. The molecule has 1 saturated carbocycles. The van der Waals surface area contributed by atoms with Crippen molar-refractivity contribution in [3.8, 4) is 6.07 Å². The van der Waals surface area contributed by atoms with E-state index in [2.05, 4.69) is 6.07 Å². The first-order valence-corrected chi connectivity index (χ1v) is 6.37. The molecule has 0 N–H and O–H groups in total. The summed E-state index contributed by atoms with van der Waals surface area (Å²) in [5, 5.41) is 8.78. The van der Waals surface area contributed by atoms with E-state index < -0.39 is 0 Å². The monoisotopic (exact) mass is 222 g/mol. The average Bonchev–Trinajstić information content (AvgIpc) is 2.35. The third kappa shape index (κ3) is 3.52. The van der Waals surface area contributed by atoms with E-state index >= 15 is 0 Å². The lowest BCUT2D eigenvalue weighted by Crippen LogP contribution is -2.39. The van der Waals surface area contributed by atoms with E-state index in [-0.39, 0.29) is 17.7 Å². The normalized spacial score (nSPS) is 18.8. The predicted octanol–water partition coefficient (Wildman–Crippen LogP) is 2.57. The summed E-state index contributed by atoms with van der Waals surface area (Å²) in [5.74, 6) is 0.427. The molecule has 3 heteroatoms. The maximum Gasteiger partial charge on any atom is 0.225 e. The molecule has 0 aromatic heterocycles. The van der Waals surface area contributed by atoms with Gasteiger partial charge >= 0.3 is 0 Å². The number of nitriles is 1. The molecular weight excluding hydrogens is 200 g/mol. The van der Waals surface area contributed by atoms with Crippen molar-refractivity contribution in [1.82, 2.24) is 4.90 Å². The number of carbonyl (C=O) groups is 1. The Bertz CT molecular complexity index is 264. The fourth-order valence-electron chi connectivity index (χ4n) is 2.35. The van der Waals surface area contributed by atoms with Crippen molar-refractivity contribution in [3.63, 3.8) is 0 Å². The van der Waals surface area contributed by atoms with Gasteiger partial charge in [-0.2, -0.15) is 5.26 Å². The lowest BCUT2D eigenvalue weighted by atomic mass is 9.88. The predicted molar refractivity (Wildman–Crippen MR) is 63.6 cm³/mol. The summed E-state index contributed by atoms with van der Waals surface area (Å²) in [5.41, 5.74) is 0. The van der Waals surface area contributed by atoms with Crippen LogP contribution >= 0.6 is 0 Å². The summed E-state index contributed by atoms with van der Waals surface area (Å²) in [4.78, 5) is 14.0. The van der Waals surface area contributed by atoms with Crippen LogP contribution in [0.5, 0.6) is 0 Å². The molecule has 0 heterocycles. The number of carbonyl (C=O) groups excluding carboxylic acids is 1. The van der Waals surface area contributed by atoms with Gasteiger partial charge in [0.1, 0.15) is 0 Å². The van der Waals surface area contributed by atoms with Gasteiger partial charge in [0, 0.05) is 19.0 Å². The Morgan fingerprint density at radius 1 is 1.44 bits per heavy atom. The Morgan fingerprint density at radius 3 is 2.56 bits per heavy atom. The highest BCUT2D eigenvalue weighted by Gasteiger charge is 2.25. The van der Waals surface area contributed by atoms with Crippen LogP contribution in [0.3, 0.4) is 0 Å². The minimum absolute atomic E-state index is 0.0625. The Morgan fingerprint density at radius 2 is 2.06 bits per heavy atom. The number of nitrogens with zero attached hydrogens (tertiary/aromatic N) is 2. The first kappa shape index (κ1) is 13.0. The van der Waals surface area contributed by atoms with E-state index in [0.29, 0.717) is 6.54 Å². The zero-order chi connectivity index (χ0) is 12.0. The maximum absolute atomic E-state index is 12.2. The molecule has 0 bridgehead atoms. The highest BCUT2D eigenvalue weighted by molar-refractivity contribution is 5.78. The molecule has 0 unspecified atom stereocenters. The summed E-state index contributed by atoms with van der Waals surface area (Å²) < 4.78 is 0. The van der Waals surface area contributed by atoms with Gasteiger partial charge in [-0.15, -0.1) is 0 Å². The molecule has 0 spiro atoms. The summed E-state index contributed by atoms with van der Waals surface area (Å²) in [6, 6.07) is 2.19. The van der Waals surface area contributed by atoms with Crippen molar-refractivity contribution < 1.29 is 4.79 Å². The SMILES string of the molecule is CCN(C[C@H](C)C#N)C(=O)C1CCCCC1. The van der Waals surface area contributed by atoms with Crippen LogP contribution in [0.4, 0.5) is 0 Å². The van der Waals surface area contributed by atoms with Crippen LogP contribution in [-0.2, 0) is 4.79 Å². The van der Waals surface area contributed by atoms with E-state index in [1.807, 2.05) is 18.7 Å². The summed E-state index contributed by atoms with van der Waals surface area (Å²) in [6.45, 7) is 5.17. The Labute approximate surface area is 98.4 Å². The van der Waals surface area contributed by atoms with E-state index in [1.54, 1.807) is 0 Å². The van der Waals surface area contributed by atoms with Crippen LogP contribution in [0.15, 0.2) is 0 Å². The van der Waals surface area contributed by atoms with Crippen molar-refractivity contribution in [1.29, 1.82) is 5.26 Å². The van der Waals surface area contributed by atoms with Gasteiger partial charge < -0.3 is 4.90 Å². The first-order valence-electron chi connectivity index (χ1n) is 6.37. The minimum atomic E-state index is -0.0625. The van der Waals surface area contributed by atoms with Gasteiger partial charge in [0.15, 0.2) is 0 Å². The molecule has 0 saturated heterocycles. The van der Waals surface area contributed by atoms with Gasteiger partial charge in [0.25, 0.3) is 0 Å². The second-order valence-corrected chi connectivity index (χ2v) is 4.74. The zero-order valence-electron chi connectivity index (χ0n) is 10.4. The molecule has 0 aliphatic heterocycles. The molecule has 1 aliphatic carbocycles. The van der Waals surface area contributed by atoms with Crippen molar-refractivity contribution in [3.05, 3.63) is 0 Å². The van der Waals surface area contributed by atoms with Gasteiger partial charge in [0.05, 0.1) is 12.0 Å². The molecule has 3 nitrogen and oxygen atoms in total. The number of hydrogen-bond acceptors (Lipinski definition) is 2. The van der Waals surface area contributed by atoms with Gasteiger partial charge in [-0.25, -0.2) is 0 Å². The van der Waals surface area contributed by atoms with E-state index in [0.717, 1.165) is 19.4 Å². The highest BCUT2D eigenvalue weighted by atomic mass is 16.2. The van der Waals surface area contributed by atoms with Gasteiger partial charge in [-0.1, -0.05) is 19.3 Å². The Balaban J connectivity index is 2.51. The standard InChI is InChI=1S/C13H22N2O/c1-3-15(10-11(2)9-14)13(16)12-7-5-4-6-8-12/h11-12H,3-8,10H2,1-2H3/t11-/m1/s1. The van der Waals surface area contributed by atoms with E-state index in [4.69, 9.17) is 5.26 Å².